The lowest BCUT2D eigenvalue weighted by Gasteiger charge is -2.36. The van der Waals surface area contributed by atoms with Gasteiger partial charge in [0.05, 0.1) is 35.2 Å². The summed E-state index contributed by atoms with van der Waals surface area (Å²) >= 11 is 2.96. The standard InChI is InChI=1S/C34H29BrF3N7O2/c1-3-22-15-25-29(18-43(22)32(46)20-9-12-27(35)26(14-20)34(36,37)38)45-31(21(17-40-45)13-19-7-5-4-6-8-19)44(33(25)47)23-10-11-24-28(16-23)41-42-30(24)39-2/h4-12,14,16-17,22H,3,13,15,18H2,1-2H3,(H2,39,41,42)/t22-/m0/s1. The molecule has 0 aliphatic carbocycles. The van der Waals surface area contributed by atoms with E-state index in [1.54, 1.807) is 27.2 Å². The van der Waals surface area contributed by atoms with Gasteiger partial charge in [0, 0.05) is 52.5 Å². The van der Waals surface area contributed by atoms with Crippen LogP contribution in [0.4, 0.5) is 19.0 Å². The Morgan fingerprint density at radius 3 is 2.62 bits per heavy atom. The number of alkyl halides is 3. The smallest absolute Gasteiger partial charge is 0.371 e. The van der Waals surface area contributed by atoms with Crippen LogP contribution in [0.2, 0.25) is 0 Å². The third kappa shape index (κ3) is 5.28. The van der Waals surface area contributed by atoms with E-state index in [0.29, 0.717) is 41.3 Å². The molecule has 3 aromatic heterocycles. The number of aromatic amines is 1. The van der Waals surface area contributed by atoms with E-state index in [9.17, 15) is 22.8 Å². The average molecular weight is 705 g/mol. The van der Waals surface area contributed by atoms with Gasteiger partial charge in [-0.3, -0.25) is 19.3 Å². The third-order valence-electron chi connectivity index (χ3n) is 8.82. The molecule has 4 heterocycles. The van der Waals surface area contributed by atoms with Gasteiger partial charge in [-0.15, -0.1) is 0 Å². The van der Waals surface area contributed by atoms with E-state index in [2.05, 4.69) is 31.4 Å². The van der Waals surface area contributed by atoms with Crippen molar-refractivity contribution >= 4 is 44.2 Å². The summed E-state index contributed by atoms with van der Waals surface area (Å²) in [6.45, 7) is 1.90. The molecule has 6 aromatic rings. The van der Waals surface area contributed by atoms with E-state index < -0.39 is 23.7 Å². The zero-order chi connectivity index (χ0) is 33.0. The molecule has 2 N–H and O–H groups in total. The minimum absolute atomic E-state index is 0.00817. The molecule has 1 amide bonds. The fourth-order valence-electron chi connectivity index (χ4n) is 6.46. The topological polar surface area (TPSA) is 100 Å². The Balaban J connectivity index is 1.40. The molecular formula is C34H29BrF3N7O2. The van der Waals surface area contributed by atoms with Crippen molar-refractivity contribution in [3.63, 3.8) is 0 Å². The van der Waals surface area contributed by atoms with E-state index in [1.807, 2.05) is 55.5 Å². The van der Waals surface area contributed by atoms with Crippen LogP contribution in [0.25, 0.3) is 22.2 Å². The van der Waals surface area contributed by atoms with Crippen LogP contribution in [0.1, 0.15) is 51.7 Å². The van der Waals surface area contributed by atoms with Gasteiger partial charge in [0.2, 0.25) is 0 Å². The predicted octanol–water partition coefficient (Wildman–Crippen LogP) is 6.75. The molecule has 9 nitrogen and oxygen atoms in total. The number of amides is 1. The molecule has 0 saturated carbocycles. The zero-order valence-corrected chi connectivity index (χ0v) is 27.0. The number of carbonyl (C=O) groups excluding carboxylic acids is 1. The number of hydrogen-bond donors (Lipinski definition) is 2. The summed E-state index contributed by atoms with van der Waals surface area (Å²) in [5.41, 5.74) is 3.56. The Kier molecular flexibility index (Phi) is 7.66. The number of fused-ring (bicyclic) bond motifs is 4. The Labute approximate surface area is 275 Å². The summed E-state index contributed by atoms with van der Waals surface area (Å²) in [4.78, 5) is 30.0. The van der Waals surface area contributed by atoms with Crippen LogP contribution in [-0.2, 0) is 25.6 Å². The van der Waals surface area contributed by atoms with E-state index in [-0.39, 0.29) is 28.6 Å². The molecule has 3 aromatic carbocycles. The predicted molar refractivity (Wildman–Crippen MR) is 176 cm³/mol. The lowest BCUT2D eigenvalue weighted by Crippen LogP contribution is -2.47. The molecule has 0 fully saturated rings. The number of carbonyl (C=O) groups is 1. The first-order valence-electron chi connectivity index (χ1n) is 15.1. The van der Waals surface area contributed by atoms with Crippen LogP contribution in [0.5, 0.6) is 0 Å². The SMILES string of the molecule is CC[C@H]1Cc2c(n3ncc(Cc4ccccc4)c3n(-c3ccc4c(NC)n[nH]c4c3)c2=O)CN1C(=O)c1ccc(Br)c(C(F)(F)F)c1. The highest BCUT2D eigenvalue weighted by molar-refractivity contribution is 9.10. The highest BCUT2D eigenvalue weighted by Gasteiger charge is 2.37. The van der Waals surface area contributed by atoms with Crippen molar-refractivity contribution in [2.45, 2.75) is 44.9 Å². The van der Waals surface area contributed by atoms with E-state index >= 15 is 0 Å². The van der Waals surface area contributed by atoms with Crippen molar-refractivity contribution in [1.29, 1.82) is 0 Å². The maximum absolute atomic E-state index is 14.6. The van der Waals surface area contributed by atoms with Crippen molar-refractivity contribution in [2.24, 2.45) is 0 Å². The quantitative estimate of drug-likeness (QED) is 0.200. The molecule has 240 valence electrons. The second-order valence-corrected chi connectivity index (χ2v) is 12.4. The Morgan fingerprint density at radius 1 is 1.11 bits per heavy atom. The summed E-state index contributed by atoms with van der Waals surface area (Å²) in [7, 11) is 1.79. The van der Waals surface area contributed by atoms with E-state index in [0.717, 1.165) is 28.1 Å². The van der Waals surface area contributed by atoms with Crippen LogP contribution in [0.3, 0.4) is 0 Å². The molecular weight excluding hydrogens is 675 g/mol. The van der Waals surface area contributed by atoms with Gasteiger partial charge in [0.25, 0.3) is 11.5 Å². The van der Waals surface area contributed by atoms with Gasteiger partial charge < -0.3 is 10.2 Å². The number of anilines is 1. The number of benzene rings is 3. The Hall–Kier alpha value is -4.91. The van der Waals surface area contributed by atoms with Crippen molar-refractivity contribution in [3.8, 4) is 5.69 Å². The van der Waals surface area contributed by atoms with Gasteiger partial charge in [0.15, 0.2) is 5.82 Å². The van der Waals surface area contributed by atoms with Gasteiger partial charge in [-0.1, -0.05) is 53.2 Å². The number of H-pyrrole nitrogens is 1. The van der Waals surface area contributed by atoms with Crippen molar-refractivity contribution in [1.82, 2.24) is 29.3 Å². The van der Waals surface area contributed by atoms with Crippen LogP contribution in [-0.4, -0.2) is 48.3 Å². The van der Waals surface area contributed by atoms with Crippen LogP contribution >= 0.6 is 15.9 Å². The minimum Gasteiger partial charge on any atom is -0.371 e. The summed E-state index contributed by atoms with van der Waals surface area (Å²) in [5.74, 6) is 0.145. The molecule has 0 spiro atoms. The fourth-order valence-corrected chi connectivity index (χ4v) is 6.93. The highest BCUT2D eigenvalue weighted by Crippen LogP contribution is 2.36. The van der Waals surface area contributed by atoms with E-state index in [4.69, 9.17) is 5.10 Å². The first-order valence-corrected chi connectivity index (χ1v) is 15.9. The number of hydrogen-bond acceptors (Lipinski definition) is 5. The normalized spacial score (nSPS) is 14.9. The van der Waals surface area contributed by atoms with Crippen LogP contribution < -0.4 is 10.9 Å². The zero-order valence-electron chi connectivity index (χ0n) is 25.4. The Morgan fingerprint density at radius 2 is 1.89 bits per heavy atom. The maximum atomic E-state index is 14.6. The lowest BCUT2D eigenvalue weighted by atomic mass is 9.95. The molecule has 1 aliphatic heterocycles. The lowest BCUT2D eigenvalue weighted by molar-refractivity contribution is -0.138. The van der Waals surface area contributed by atoms with Gasteiger partial charge in [-0.25, -0.2) is 4.52 Å². The first-order chi connectivity index (χ1) is 22.6. The van der Waals surface area contributed by atoms with Crippen molar-refractivity contribution in [2.75, 3.05) is 12.4 Å². The van der Waals surface area contributed by atoms with Gasteiger partial charge in [-0.2, -0.15) is 23.4 Å². The largest absolute Gasteiger partial charge is 0.417 e. The third-order valence-corrected chi connectivity index (χ3v) is 9.52. The summed E-state index contributed by atoms with van der Waals surface area (Å²) < 4.78 is 44.4. The number of aromatic nitrogens is 5. The number of nitrogens with one attached hydrogen (secondary N) is 2. The number of halogens is 4. The molecule has 0 bridgehead atoms. The number of nitrogens with zero attached hydrogens (tertiary/aromatic N) is 5. The Bertz CT molecular complexity index is 2220. The molecule has 0 saturated heterocycles. The maximum Gasteiger partial charge on any atom is 0.417 e. The first kappa shape index (κ1) is 30.7. The van der Waals surface area contributed by atoms with Crippen LogP contribution in [0, 0.1) is 0 Å². The van der Waals surface area contributed by atoms with Gasteiger partial charge >= 0.3 is 6.18 Å². The van der Waals surface area contributed by atoms with Crippen molar-refractivity contribution < 1.29 is 18.0 Å². The summed E-state index contributed by atoms with van der Waals surface area (Å²) in [6, 6.07) is 18.6. The molecule has 1 aliphatic rings. The molecule has 0 radical (unpaired) electrons. The van der Waals surface area contributed by atoms with Crippen LogP contribution in [0.15, 0.2) is 82.2 Å². The molecule has 47 heavy (non-hydrogen) atoms. The molecule has 13 heteroatoms. The minimum atomic E-state index is -4.64. The van der Waals surface area contributed by atoms with Gasteiger partial charge in [0.1, 0.15) is 5.65 Å². The monoisotopic (exact) mass is 703 g/mol. The molecule has 0 unspecified atom stereocenters. The molecule has 7 rings (SSSR count). The van der Waals surface area contributed by atoms with Gasteiger partial charge in [-0.05, 0) is 48.4 Å². The second-order valence-electron chi connectivity index (χ2n) is 11.6. The molecule has 1 atom stereocenters. The summed E-state index contributed by atoms with van der Waals surface area (Å²) in [5, 5.41) is 16.0. The fraction of sp³-hybridized carbons (Fsp3) is 0.235. The number of rotatable bonds is 6. The second kappa shape index (κ2) is 11.7. The van der Waals surface area contributed by atoms with E-state index in [1.165, 1.54) is 12.1 Å². The highest BCUT2D eigenvalue weighted by atomic mass is 79.9. The summed E-state index contributed by atoms with van der Waals surface area (Å²) in [6.07, 6.45) is -1.69. The van der Waals surface area contributed by atoms with Crippen molar-refractivity contribution in [3.05, 3.63) is 121 Å². The average Bonchev–Trinajstić information content (AvgIpc) is 3.68.